The van der Waals surface area contributed by atoms with E-state index >= 15 is 0 Å². The lowest BCUT2D eigenvalue weighted by atomic mass is 10.2. The number of aldehydes is 1. The zero-order valence-corrected chi connectivity index (χ0v) is 8.00. The molecular formula is C10H8F4O2. The highest BCUT2D eigenvalue weighted by atomic mass is 19.3. The number of benzene rings is 1. The third-order valence-electron chi connectivity index (χ3n) is 1.74. The molecule has 0 aliphatic carbocycles. The molecule has 0 N–H and O–H groups in total. The van der Waals surface area contributed by atoms with Crippen molar-refractivity contribution in [3.63, 3.8) is 0 Å². The van der Waals surface area contributed by atoms with E-state index in [1.807, 2.05) is 0 Å². The van der Waals surface area contributed by atoms with Gasteiger partial charge in [0, 0.05) is 5.56 Å². The molecule has 1 aromatic rings. The Morgan fingerprint density at radius 2 is 2.06 bits per heavy atom. The molecule has 0 radical (unpaired) electrons. The zero-order chi connectivity index (χ0) is 12.2. The van der Waals surface area contributed by atoms with Crippen molar-refractivity contribution in [3.8, 4) is 5.75 Å². The van der Waals surface area contributed by atoms with Gasteiger partial charge in [-0.2, -0.15) is 8.78 Å². The first-order chi connectivity index (χ1) is 7.45. The van der Waals surface area contributed by atoms with Gasteiger partial charge >= 0.3 is 12.3 Å². The summed E-state index contributed by atoms with van der Waals surface area (Å²) in [5.41, 5.74) is 0.220. The lowest BCUT2D eigenvalue weighted by Gasteiger charge is -2.15. The zero-order valence-electron chi connectivity index (χ0n) is 8.00. The molecule has 0 fully saturated rings. The van der Waals surface area contributed by atoms with E-state index in [-0.39, 0.29) is 11.3 Å². The minimum absolute atomic E-state index is 0.0510. The summed E-state index contributed by atoms with van der Waals surface area (Å²) in [5.74, 6) is -4.25. The topological polar surface area (TPSA) is 26.3 Å². The van der Waals surface area contributed by atoms with Crippen LogP contribution >= 0.6 is 0 Å². The minimum atomic E-state index is -4.20. The Bertz CT molecular complexity index is 366. The van der Waals surface area contributed by atoms with E-state index in [1.165, 1.54) is 24.3 Å². The summed E-state index contributed by atoms with van der Waals surface area (Å²) in [6, 6.07) is 5.33. The highest BCUT2D eigenvalue weighted by molar-refractivity contribution is 5.75. The van der Waals surface area contributed by atoms with Gasteiger partial charge < -0.3 is 4.74 Å². The van der Waals surface area contributed by atoms with Gasteiger partial charge in [-0.05, 0) is 12.1 Å². The number of ether oxygens (including phenoxy) is 1. The molecule has 0 atom stereocenters. The molecule has 88 valence electrons. The second-order valence-corrected chi connectivity index (χ2v) is 3.04. The molecule has 0 spiro atoms. The van der Waals surface area contributed by atoms with Gasteiger partial charge in [-0.15, -0.1) is 0 Å². The van der Waals surface area contributed by atoms with Crippen LogP contribution in [0.5, 0.6) is 5.75 Å². The van der Waals surface area contributed by atoms with Gasteiger partial charge in [-0.1, -0.05) is 12.1 Å². The number of hydrogen-bond acceptors (Lipinski definition) is 2. The standard InChI is InChI=1S/C10H8F4O2/c11-9(12)10(13,14)6-16-8-3-1-2-7(4-8)5-15/h1-5,9H,6H2. The number of halogens is 4. The predicted octanol–water partition coefficient (Wildman–Crippen LogP) is 2.78. The molecule has 6 heteroatoms. The minimum Gasteiger partial charge on any atom is -0.487 e. The molecule has 0 saturated heterocycles. The van der Waals surface area contributed by atoms with Gasteiger partial charge in [-0.3, -0.25) is 4.79 Å². The van der Waals surface area contributed by atoms with Crippen LogP contribution in [0, 0.1) is 0 Å². The van der Waals surface area contributed by atoms with Crippen molar-refractivity contribution in [1.29, 1.82) is 0 Å². The van der Waals surface area contributed by atoms with Crippen molar-refractivity contribution in [2.45, 2.75) is 12.3 Å². The molecule has 0 amide bonds. The second-order valence-electron chi connectivity index (χ2n) is 3.04. The third kappa shape index (κ3) is 3.22. The first-order valence-corrected chi connectivity index (χ1v) is 4.30. The van der Waals surface area contributed by atoms with E-state index < -0.39 is 19.0 Å². The number of alkyl halides is 4. The van der Waals surface area contributed by atoms with E-state index in [0.717, 1.165) is 0 Å². The van der Waals surface area contributed by atoms with E-state index in [9.17, 15) is 22.4 Å². The van der Waals surface area contributed by atoms with Crippen LogP contribution in [0.2, 0.25) is 0 Å². The molecule has 0 unspecified atom stereocenters. The summed E-state index contributed by atoms with van der Waals surface area (Å²) in [6.07, 6.45) is -3.28. The van der Waals surface area contributed by atoms with Crippen LogP contribution in [-0.2, 0) is 0 Å². The van der Waals surface area contributed by atoms with Gasteiger partial charge in [-0.25, -0.2) is 8.78 Å². The maximum Gasteiger partial charge on any atom is 0.340 e. The van der Waals surface area contributed by atoms with Crippen LogP contribution in [0.1, 0.15) is 10.4 Å². The third-order valence-corrected chi connectivity index (χ3v) is 1.74. The summed E-state index contributed by atoms with van der Waals surface area (Å²) in [4.78, 5) is 10.3. The molecule has 1 aromatic carbocycles. The van der Waals surface area contributed by atoms with E-state index in [1.54, 1.807) is 0 Å². The van der Waals surface area contributed by atoms with E-state index in [4.69, 9.17) is 0 Å². The van der Waals surface area contributed by atoms with Crippen molar-refractivity contribution in [1.82, 2.24) is 0 Å². The summed E-state index contributed by atoms with van der Waals surface area (Å²) in [5, 5.41) is 0. The second kappa shape index (κ2) is 4.96. The fourth-order valence-corrected chi connectivity index (χ4v) is 0.920. The molecule has 1 rings (SSSR count). The number of carbonyl (C=O) groups excluding carboxylic acids is 1. The number of carbonyl (C=O) groups is 1. The van der Waals surface area contributed by atoms with Gasteiger partial charge in [0.05, 0.1) is 0 Å². The Morgan fingerprint density at radius 3 is 2.62 bits per heavy atom. The van der Waals surface area contributed by atoms with Crippen LogP contribution in [-0.4, -0.2) is 25.2 Å². The monoisotopic (exact) mass is 236 g/mol. The molecule has 0 aromatic heterocycles. The largest absolute Gasteiger partial charge is 0.487 e. The molecule has 16 heavy (non-hydrogen) atoms. The van der Waals surface area contributed by atoms with Crippen molar-refractivity contribution >= 4 is 6.29 Å². The Kier molecular flexibility index (Phi) is 3.87. The maximum atomic E-state index is 12.5. The molecule has 2 nitrogen and oxygen atoms in total. The van der Waals surface area contributed by atoms with Crippen LogP contribution in [0.25, 0.3) is 0 Å². The number of rotatable bonds is 5. The maximum absolute atomic E-state index is 12.5. The molecule has 0 bridgehead atoms. The highest BCUT2D eigenvalue weighted by Gasteiger charge is 2.41. The number of hydrogen-bond donors (Lipinski definition) is 0. The Labute approximate surface area is 88.8 Å². The summed E-state index contributed by atoms with van der Waals surface area (Å²) in [6.45, 7) is -1.42. The van der Waals surface area contributed by atoms with Crippen molar-refractivity contribution in [2.75, 3.05) is 6.61 Å². The van der Waals surface area contributed by atoms with Crippen molar-refractivity contribution < 1.29 is 27.1 Å². The van der Waals surface area contributed by atoms with Gasteiger partial charge in [0.1, 0.15) is 12.0 Å². The first-order valence-electron chi connectivity index (χ1n) is 4.30. The summed E-state index contributed by atoms with van der Waals surface area (Å²) >= 11 is 0. The molecular weight excluding hydrogens is 228 g/mol. The average molecular weight is 236 g/mol. The van der Waals surface area contributed by atoms with Crippen LogP contribution in [0.4, 0.5) is 17.6 Å². The summed E-state index contributed by atoms with van der Waals surface area (Å²) < 4.78 is 53.0. The lowest BCUT2D eigenvalue weighted by Crippen LogP contribution is -2.33. The van der Waals surface area contributed by atoms with Gasteiger partial charge in [0.2, 0.25) is 0 Å². The highest BCUT2D eigenvalue weighted by Crippen LogP contribution is 2.24. The molecule has 0 saturated carbocycles. The summed E-state index contributed by atoms with van der Waals surface area (Å²) in [7, 11) is 0. The smallest absolute Gasteiger partial charge is 0.340 e. The normalized spacial score (nSPS) is 11.6. The Hall–Kier alpha value is -1.59. The fourth-order valence-electron chi connectivity index (χ4n) is 0.920. The quantitative estimate of drug-likeness (QED) is 0.580. The SMILES string of the molecule is O=Cc1cccc(OCC(F)(F)C(F)F)c1. The fraction of sp³-hybridized carbons (Fsp3) is 0.300. The van der Waals surface area contributed by atoms with Crippen molar-refractivity contribution in [2.24, 2.45) is 0 Å². The van der Waals surface area contributed by atoms with Crippen LogP contribution < -0.4 is 4.74 Å². The molecule has 0 aliphatic rings. The Morgan fingerprint density at radius 1 is 1.38 bits per heavy atom. The first kappa shape index (κ1) is 12.5. The van der Waals surface area contributed by atoms with E-state index in [0.29, 0.717) is 6.29 Å². The van der Waals surface area contributed by atoms with Gasteiger partial charge in [0.25, 0.3) is 0 Å². The molecule has 0 aliphatic heterocycles. The van der Waals surface area contributed by atoms with Gasteiger partial charge in [0.15, 0.2) is 6.61 Å². The van der Waals surface area contributed by atoms with Crippen LogP contribution in [0.15, 0.2) is 24.3 Å². The Balaban J connectivity index is 2.64. The molecule has 0 heterocycles. The van der Waals surface area contributed by atoms with Crippen molar-refractivity contribution in [3.05, 3.63) is 29.8 Å². The van der Waals surface area contributed by atoms with Crippen LogP contribution in [0.3, 0.4) is 0 Å². The average Bonchev–Trinajstić information content (AvgIpc) is 2.26. The predicted molar refractivity (Wildman–Crippen MR) is 48.3 cm³/mol. The van der Waals surface area contributed by atoms with E-state index in [2.05, 4.69) is 4.74 Å². The lowest BCUT2D eigenvalue weighted by molar-refractivity contribution is -0.148.